The minimum Gasteiger partial charge on any atom is -0.396 e. The fraction of sp³-hybridized carbons (Fsp3) is 0.500. The molecule has 1 fully saturated rings. The van der Waals surface area contributed by atoms with Gasteiger partial charge in [-0.1, -0.05) is 25.0 Å². The lowest BCUT2D eigenvalue weighted by atomic mass is 9.88. The summed E-state index contributed by atoms with van der Waals surface area (Å²) in [6.07, 6.45) is 12.2. The van der Waals surface area contributed by atoms with E-state index in [9.17, 15) is 0 Å². The first-order valence-electron chi connectivity index (χ1n) is 8.19. The molecule has 0 bridgehead atoms. The van der Waals surface area contributed by atoms with Gasteiger partial charge in [0.15, 0.2) is 0 Å². The fourth-order valence-corrected chi connectivity index (χ4v) is 2.76. The van der Waals surface area contributed by atoms with E-state index < -0.39 is 0 Å². The standard InChI is InChI=1S/C18H28N4/c1-3-5-15(10-19)16(9-14-6-4-7-14)8-13(2)18-17(20)11-21-12-22-18/h8-9,11,22H,3-7,10,12,19-20H2,1-2H3/b13-8+,16-15-. The molecule has 4 heteroatoms. The Hall–Kier alpha value is -1.81. The summed E-state index contributed by atoms with van der Waals surface area (Å²) in [7, 11) is 0. The van der Waals surface area contributed by atoms with Crippen molar-refractivity contribution in [3.8, 4) is 0 Å². The summed E-state index contributed by atoms with van der Waals surface area (Å²) in [6, 6.07) is 0. The third kappa shape index (κ3) is 4.10. The van der Waals surface area contributed by atoms with E-state index in [2.05, 4.69) is 36.3 Å². The van der Waals surface area contributed by atoms with Gasteiger partial charge in [0, 0.05) is 12.8 Å². The van der Waals surface area contributed by atoms with Gasteiger partial charge in [-0.25, -0.2) is 0 Å². The van der Waals surface area contributed by atoms with Crippen LogP contribution in [0.4, 0.5) is 0 Å². The highest BCUT2D eigenvalue weighted by atomic mass is 15.0. The van der Waals surface area contributed by atoms with Gasteiger partial charge in [-0.15, -0.1) is 0 Å². The number of hydrogen-bond donors (Lipinski definition) is 3. The van der Waals surface area contributed by atoms with Gasteiger partial charge in [-0.3, -0.25) is 4.99 Å². The van der Waals surface area contributed by atoms with Crippen molar-refractivity contribution in [2.75, 3.05) is 13.2 Å². The van der Waals surface area contributed by atoms with Crippen molar-refractivity contribution in [2.24, 2.45) is 16.5 Å². The summed E-state index contributed by atoms with van der Waals surface area (Å²) in [6.45, 7) is 5.48. The maximum absolute atomic E-state index is 6.03. The van der Waals surface area contributed by atoms with Gasteiger partial charge in [-0.05, 0) is 55.4 Å². The molecule has 0 radical (unpaired) electrons. The second-order valence-corrected chi connectivity index (χ2v) is 5.97. The lowest BCUT2D eigenvalue weighted by molar-refractivity contribution is 0.661. The maximum atomic E-state index is 6.03. The molecule has 4 nitrogen and oxygen atoms in total. The molecule has 0 amide bonds. The summed E-state index contributed by atoms with van der Waals surface area (Å²) in [5.74, 6) is 0. The predicted molar refractivity (Wildman–Crippen MR) is 94.4 cm³/mol. The van der Waals surface area contributed by atoms with Crippen LogP contribution in [0.25, 0.3) is 0 Å². The molecule has 0 unspecified atom stereocenters. The molecule has 0 atom stereocenters. The van der Waals surface area contributed by atoms with Gasteiger partial charge in [0.25, 0.3) is 0 Å². The molecular weight excluding hydrogens is 272 g/mol. The summed E-state index contributed by atoms with van der Waals surface area (Å²) in [4.78, 5) is 4.13. The van der Waals surface area contributed by atoms with E-state index in [0.29, 0.717) is 18.9 Å². The SMILES string of the molecule is CCC/C(CN)=C(C=C1CCC1)\C=C(/C)C1=C(N)C=NCN1. The molecule has 0 aromatic heterocycles. The zero-order valence-corrected chi connectivity index (χ0v) is 13.8. The third-order valence-electron chi connectivity index (χ3n) is 4.19. The molecule has 1 heterocycles. The largest absolute Gasteiger partial charge is 0.396 e. The van der Waals surface area contributed by atoms with Crippen molar-refractivity contribution in [2.45, 2.75) is 46.0 Å². The topological polar surface area (TPSA) is 76.4 Å². The average Bonchev–Trinajstić information content (AvgIpc) is 2.47. The zero-order valence-electron chi connectivity index (χ0n) is 13.8. The van der Waals surface area contributed by atoms with Crippen LogP contribution in [0.2, 0.25) is 0 Å². The highest BCUT2D eigenvalue weighted by Crippen LogP contribution is 2.29. The van der Waals surface area contributed by atoms with Gasteiger partial charge in [0.1, 0.15) is 6.67 Å². The third-order valence-corrected chi connectivity index (χ3v) is 4.19. The molecule has 0 aromatic carbocycles. The smallest absolute Gasteiger partial charge is 0.107 e. The molecule has 2 aliphatic rings. The van der Waals surface area contributed by atoms with E-state index in [-0.39, 0.29) is 0 Å². The fourth-order valence-electron chi connectivity index (χ4n) is 2.76. The van der Waals surface area contributed by atoms with Crippen molar-refractivity contribution in [1.29, 1.82) is 0 Å². The van der Waals surface area contributed by atoms with Crippen molar-refractivity contribution < 1.29 is 0 Å². The van der Waals surface area contributed by atoms with Crippen molar-refractivity contribution in [3.63, 3.8) is 0 Å². The molecule has 0 aromatic rings. The predicted octanol–water partition coefficient (Wildman–Crippen LogP) is 2.90. The number of rotatable bonds is 6. The first-order valence-corrected chi connectivity index (χ1v) is 8.19. The molecule has 1 saturated carbocycles. The Morgan fingerprint density at radius 2 is 2.18 bits per heavy atom. The number of nitrogens with zero attached hydrogens (tertiary/aromatic N) is 1. The summed E-state index contributed by atoms with van der Waals surface area (Å²) >= 11 is 0. The Morgan fingerprint density at radius 1 is 1.41 bits per heavy atom. The monoisotopic (exact) mass is 300 g/mol. The Kier molecular flexibility index (Phi) is 6.01. The molecule has 2 rings (SSSR count). The highest BCUT2D eigenvalue weighted by Gasteiger charge is 2.12. The Labute approximate surface area is 133 Å². The van der Waals surface area contributed by atoms with Crippen LogP contribution >= 0.6 is 0 Å². The van der Waals surface area contributed by atoms with E-state index in [1.165, 1.54) is 36.0 Å². The van der Waals surface area contributed by atoms with Crippen LogP contribution in [-0.4, -0.2) is 19.4 Å². The second kappa shape index (κ2) is 7.99. The van der Waals surface area contributed by atoms with Gasteiger partial charge < -0.3 is 16.8 Å². The summed E-state index contributed by atoms with van der Waals surface area (Å²) < 4.78 is 0. The minimum absolute atomic E-state index is 0.583. The summed E-state index contributed by atoms with van der Waals surface area (Å²) in [5, 5.41) is 3.26. The van der Waals surface area contributed by atoms with E-state index in [1.54, 1.807) is 6.21 Å². The molecule has 0 spiro atoms. The van der Waals surface area contributed by atoms with Crippen LogP contribution in [0.3, 0.4) is 0 Å². The highest BCUT2D eigenvalue weighted by molar-refractivity contribution is 5.80. The average molecular weight is 300 g/mol. The van der Waals surface area contributed by atoms with Gasteiger partial charge in [0.05, 0.1) is 11.4 Å². The number of aliphatic imine (C=N–C) groups is 1. The maximum Gasteiger partial charge on any atom is 0.107 e. The first kappa shape index (κ1) is 16.6. The molecule has 120 valence electrons. The molecular formula is C18H28N4. The van der Waals surface area contributed by atoms with Crippen LogP contribution in [0.15, 0.2) is 50.8 Å². The van der Waals surface area contributed by atoms with Gasteiger partial charge in [-0.2, -0.15) is 0 Å². The quantitative estimate of drug-likeness (QED) is 0.660. The van der Waals surface area contributed by atoms with Crippen LogP contribution in [0, 0.1) is 0 Å². The second-order valence-electron chi connectivity index (χ2n) is 5.97. The van der Waals surface area contributed by atoms with Gasteiger partial charge in [0.2, 0.25) is 0 Å². The van der Waals surface area contributed by atoms with E-state index in [0.717, 1.165) is 24.1 Å². The van der Waals surface area contributed by atoms with E-state index >= 15 is 0 Å². The Balaban J connectivity index is 2.36. The number of nitrogens with two attached hydrogens (primary N) is 2. The van der Waals surface area contributed by atoms with Crippen molar-refractivity contribution in [3.05, 3.63) is 45.8 Å². The molecule has 5 N–H and O–H groups in total. The van der Waals surface area contributed by atoms with Crippen LogP contribution < -0.4 is 16.8 Å². The molecule has 22 heavy (non-hydrogen) atoms. The zero-order chi connectivity index (χ0) is 15.9. The van der Waals surface area contributed by atoms with E-state index in [4.69, 9.17) is 11.5 Å². The van der Waals surface area contributed by atoms with Crippen molar-refractivity contribution in [1.82, 2.24) is 5.32 Å². The lowest BCUT2D eigenvalue weighted by Crippen LogP contribution is -2.24. The van der Waals surface area contributed by atoms with Crippen LogP contribution in [0.1, 0.15) is 46.0 Å². The number of nitrogens with one attached hydrogen (secondary N) is 1. The lowest BCUT2D eigenvalue weighted by Gasteiger charge is -2.19. The Morgan fingerprint density at radius 3 is 2.73 bits per heavy atom. The van der Waals surface area contributed by atoms with E-state index in [1.807, 2.05) is 0 Å². The van der Waals surface area contributed by atoms with Crippen LogP contribution in [0.5, 0.6) is 0 Å². The number of hydrogen-bond acceptors (Lipinski definition) is 4. The minimum atomic E-state index is 0.583. The molecule has 1 aliphatic carbocycles. The molecule has 0 saturated heterocycles. The summed E-state index contributed by atoms with van der Waals surface area (Å²) in [5.41, 5.74) is 18.9. The normalized spacial score (nSPS) is 19.6. The van der Waals surface area contributed by atoms with Crippen molar-refractivity contribution >= 4 is 6.21 Å². The van der Waals surface area contributed by atoms with Gasteiger partial charge >= 0.3 is 0 Å². The van der Waals surface area contributed by atoms with Crippen LogP contribution in [-0.2, 0) is 0 Å². The molecule has 1 aliphatic heterocycles. The first-order chi connectivity index (χ1) is 10.7. The number of allylic oxidation sites excluding steroid dienone is 6. The Bertz CT molecular complexity index is 556.